The summed E-state index contributed by atoms with van der Waals surface area (Å²) in [5.41, 5.74) is 1.81. The number of hydrogen-bond acceptors (Lipinski definition) is 4. The van der Waals surface area contributed by atoms with E-state index in [-0.39, 0.29) is 5.91 Å². The number of hydrogen-bond donors (Lipinski definition) is 2. The van der Waals surface area contributed by atoms with Crippen LogP contribution in [-0.4, -0.2) is 45.9 Å². The number of aliphatic hydroxyl groups is 1. The second-order valence-corrected chi connectivity index (χ2v) is 8.16. The number of pyridine rings is 1. The molecule has 1 amide bonds. The first-order valence-corrected chi connectivity index (χ1v) is 10.6. The number of carbonyl (C=O) groups is 1. The third-order valence-electron chi connectivity index (χ3n) is 5.89. The van der Waals surface area contributed by atoms with Crippen molar-refractivity contribution in [2.45, 2.75) is 37.7 Å². The van der Waals surface area contributed by atoms with Crippen molar-refractivity contribution >= 4 is 17.1 Å². The average Bonchev–Trinajstić information content (AvgIpc) is 3.43. The number of rotatable bonds is 4. The number of fused-ring (bicyclic) bond motifs is 1. The molecule has 2 aromatic heterocycles. The van der Waals surface area contributed by atoms with Gasteiger partial charge in [0.2, 0.25) is 0 Å². The number of amides is 1. The first kappa shape index (κ1) is 21.2. The van der Waals surface area contributed by atoms with Gasteiger partial charge in [0.05, 0.1) is 22.9 Å². The van der Waals surface area contributed by atoms with Crippen molar-refractivity contribution in [1.29, 1.82) is 0 Å². The van der Waals surface area contributed by atoms with Crippen LogP contribution in [0.4, 0.5) is 14.5 Å². The molecule has 2 N–H and O–H groups in total. The summed E-state index contributed by atoms with van der Waals surface area (Å²) in [5.74, 6) is -0.989. The first-order chi connectivity index (χ1) is 14.9. The number of benzene rings is 1. The van der Waals surface area contributed by atoms with E-state index in [0.29, 0.717) is 12.1 Å². The van der Waals surface area contributed by atoms with Crippen LogP contribution in [-0.2, 0) is 0 Å². The van der Waals surface area contributed by atoms with Gasteiger partial charge in [-0.25, -0.2) is 13.3 Å². The van der Waals surface area contributed by atoms with Crippen LogP contribution in [0.1, 0.15) is 42.5 Å². The lowest BCUT2D eigenvalue weighted by atomic mass is 9.80. The lowest BCUT2D eigenvalue weighted by Gasteiger charge is -2.36. The van der Waals surface area contributed by atoms with E-state index >= 15 is 0 Å². The van der Waals surface area contributed by atoms with Crippen LogP contribution >= 0.6 is 0 Å². The Morgan fingerprint density at radius 2 is 1.71 bits per heavy atom. The zero-order valence-electron chi connectivity index (χ0n) is 17.2. The molecular formula is C23H26F2N4O2. The highest BCUT2D eigenvalue weighted by atomic mass is 19.1. The molecule has 1 aromatic carbocycles. The normalized spacial score (nSPS) is 17.1. The Balaban J connectivity index is 0.000000245. The van der Waals surface area contributed by atoms with E-state index < -0.39 is 17.2 Å². The van der Waals surface area contributed by atoms with Gasteiger partial charge in [0, 0.05) is 31.5 Å². The topological polar surface area (TPSA) is 69.9 Å². The van der Waals surface area contributed by atoms with Gasteiger partial charge in [-0.15, -0.1) is 0 Å². The van der Waals surface area contributed by atoms with E-state index in [0.717, 1.165) is 67.8 Å². The molecule has 0 radical (unpaired) electrons. The molecule has 2 aliphatic rings. The highest BCUT2D eigenvalue weighted by Crippen LogP contribution is 2.30. The van der Waals surface area contributed by atoms with Crippen LogP contribution in [0.15, 0.2) is 48.8 Å². The van der Waals surface area contributed by atoms with Crippen LogP contribution in [0, 0.1) is 11.6 Å². The number of carbonyl (C=O) groups excluding carboxylic acids is 1. The maximum absolute atomic E-state index is 12.4. The Morgan fingerprint density at radius 1 is 1.06 bits per heavy atom. The summed E-state index contributed by atoms with van der Waals surface area (Å²) in [7, 11) is 0. The van der Waals surface area contributed by atoms with E-state index in [1.165, 1.54) is 12.8 Å². The molecule has 8 heteroatoms. The lowest BCUT2D eigenvalue weighted by Crippen LogP contribution is -2.47. The Labute approximate surface area is 179 Å². The van der Waals surface area contributed by atoms with Crippen molar-refractivity contribution in [3.05, 3.63) is 66.0 Å². The minimum Gasteiger partial charge on any atom is -0.388 e. The van der Waals surface area contributed by atoms with Crippen LogP contribution in [0.3, 0.4) is 0 Å². The molecule has 164 valence electrons. The van der Waals surface area contributed by atoms with E-state index in [4.69, 9.17) is 0 Å². The summed E-state index contributed by atoms with van der Waals surface area (Å²) >= 11 is 0. The highest BCUT2D eigenvalue weighted by Gasteiger charge is 2.34. The number of halogens is 2. The van der Waals surface area contributed by atoms with Gasteiger partial charge in [0.25, 0.3) is 5.91 Å². The molecule has 0 spiro atoms. The molecule has 2 fully saturated rings. The smallest absolute Gasteiger partial charge is 0.255 e. The Hall–Kier alpha value is -3.00. The van der Waals surface area contributed by atoms with Gasteiger partial charge in [-0.1, -0.05) is 0 Å². The van der Waals surface area contributed by atoms with Gasteiger partial charge in [-0.05, 0) is 68.5 Å². The molecule has 31 heavy (non-hydrogen) atoms. The summed E-state index contributed by atoms with van der Waals surface area (Å²) in [6.07, 6.45) is 8.50. The van der Waals surface area contributed by atoms with Crippen molar-refractivity contribution in [2.75, 3.05) is 24.5 Å². The third kappa shape index (κ3) is 5.02. The summed E-state index contributed by atoms with van der Waals surface area (Å²) in [6, 6.07) is 8.39. The SMILES string of the molecule is Fc1ccc(F)cc1.O=C(NCC1(O)CCC1)c1cnn2ccc(N3CCCC3)cc12. The molecule has 0 unspecified atom stereocenters. The molecule has 1 aliphatic heterocycles. The maximum atomic E-state index is 12.4. The van der Waals surface area contributed by atoms with Gasteiger partial charge in [0.1, 0.15) is 11.6 Å². The molecule has 1 aliphatic carbocycles. The van der Waals surface area contributed by atoms with Crippen molar-refractivity contribution in [3.63, 3.8) is 0 Å². The van der Waals surface area contributed by atoms with Gasteiger partial charge in [0.15, 0.2) is 0 Å². The minimum atomic E-state index is -0.709. The summed E-state index contributed by atoms with van der Waals surface area (Å²) in [4.78, 5) is 14.8. The van der Waals surface area contributed by atoms with E-state index in [2.05, 4.69) is 15.3 Å². The number of nitrogens with zero attached hydrogens (tertiary/aromatic N) is 3. The van der Waals surface area contributed by atoms with Gasteiger partial charge < -0.3 is 15.3 Å². The standard InChI is InChI=1S/C17H22N4O2.C6H4F2/c22-16(18-12-17(23)5-3-6-17)14-11-19-21-9-4-13(10-15(14)21)20-7-1-2-8-20;7-5-1-2-6(8)4-3-5/h4,9-11,23H,1-3,5-8,12H2,(H,18,22);1-4H. The Kier molecular flexibility index (Phi) is 6.18. The third-order valence-corrected chi connectivity index (χ3v) is 5.89. The zero-order valence-corrected chi connectivity index (χ0v) is 17.2. The van der Waals surface area contributed by atoms with Crippen LogP contribution in [0.25, 0.3) is 5.52 Å². The van der Waals surface area contributed by atoms with Crippen molar-refractivity contribution in [2.24, 2.45) is 0 Å². The Morgan fingerprint density at radius 3 is 2.29 bits per heavy atom. The summed E-state index contributed by atoms with van der Waals surface area (Å²) in [6.45, 7) is 2.45. The van der Waals surface area contributed by atoms with Gasteiger partial charge >= 0.3 is 0 Å². The van der Waals surface area contributed by atoms with Crippen molar-refractivity contribution in [3.8, 4) is 0 Å². The van der Waals surface area contributed by atoms with Crippen LogP contribution in [0.5, 0.6) is 0 Å². The molecule has 3 aromatic rings. The molecular weight excluding hydrogens is 402 g/mol. The summed E-state index contributed by atoms with van der Waals surface area (Å²) < 4.78 is 25.6. The maximum Gasteiger partial charge on any atom is 0.255 e. The fourth-order valence-corrected chi connectivity index (χ4v) is 3.85. The molecule has 0 bridgehead atoms. The van der Waals surface area contributed by atoms with Crippen LogP contribution in [0.2, 0.25) is 0 Å². The quantitative estimate of drug-likeness (QED) is 0.667. The zero-order chi connectivity index (χ0) is 21.8. The average molecular weight is 428 g/mol. The molecule has 0 atom stereocenters. The van der Waals surface area contributed by atoms with E-state index in [1.54, 1.807) is 10.7 Å². The largest absolute Gasteiger partial charge is 0.388 e. The molecule has 1 saturated carbocycles. The molecule has 6 nitrogen and oxygen atoms in total. The van der Waals surface area contributed by atoms with E-state index in [1.807, 2.05) is 18.3 Å². The highest BCUT2D eigenvalue weighted by molar-refractivity contribution is 6.01. The fourth-order valence-electron chi connectivity index (χ4n) is 3.85. The predicted molar refractivity (Wildman–Crippen MR) is 114 cm³/mol. The number of nitrogens with one attached hydrogen (secondary N) is 1. The number of anilines is 1. The first-order valence-electron chi connectivity index (χ1n) is 10.6. The molecule has 5 rings (SSSR count). The Bertz CT molecular complexity index is 1020. The lowest BCUT2D eigenvalue weighted by molar-refractivity contribution is -0.0300. The molecule has 3 heterocycles. The van der Waals surface area contributed by atoms with Gasteiger partial charge in [-0.2, -0.15) is 5.10 Å². The fraction of sp³-hybridized carbons (Fsp3) is 0.391. The van der Waals surface area contributed by atoms with Gasteiger partial charge in [-0.3, -0.25) is 4.79 Å². The monoisotopic (exact) mass is 428 g/mol. The van der Waals surface area contributed by atoms with Crippen molar-refractivity contribution in [1.82, 2.24) is 14.9 Å². The molecule has 1 saturated heterocycles. The minimum absolute atomic E-state index is 0.168. The second kappa shape index (κ2) is 9.01. The predicted octanol–water partition coefficient (Wildman–Crippen LogP) is 3.54. The second-order valence-electron chi connectivity index (χ2n) is 8.16. The van der Waals surface area contributed by atoms with E-state index in [9.17, 15) is 18.7 Å². The van der Waals surface area contributed by atoms with Crippen molar-refractivity contribution < 1.29 is 18.7 Å². The summed E-state index contributed by atoms with van der Waals surface area (Å²) in [5, 5.41) is 17.2. The van der Waals surface area contributed by atoms with Crippen LogP contribution < -0.4 is 10.2 Å². The number of aromatic nitrogens is 2.